The first kappa shape index (κ1) is 78.4. The fraction of sp³-hybridized carbons (Fsp3) is 0.662. The van der Waals surface area contributed by atoms with Crippen molar-refractivity contribution >= 4 is 17.9 Å². The SMILES string of the molecule is CC/C=C\C/C=C\C/C=C\C/C=C\C/C=C\C/C=C\C/C=C\C/C=C\CCCCCCCCCCCCCCC(=O)OC(COC(=O)CCCCCCCC/C=C\C/C=C\C/C=C\CCCCCCC)COC(OCC[N+](C)(C)C)C(=O)O. The first-order valence-corrected chi connectivity index (χ1v) is 33.3. The number of carbonyl (C=O) groups is 3. The van der Waals surface area contributed by atoms with Crippen molar-refractivity contribution in [3.63, 3.8) is 0 Å². The van der Waals surface area contributed by atoms with Crippen LogP contribution in [0.2, 0.25) is 0 Å². The third-order valence-corrected chi connectivity index (χ3v) is 13.9. The molecule has 0 rings (SSSR count). The highest BCUT2D eigenvalue weighted by Crippen LogP contribution is 2.16. The van der Waals surface area contributed by atoms with Gasteiger partial charge in [0.1, 0.15) is 13.2 Å². The van der Waals surface area contributed by atoms with Gasteiger partial charge in [-0.05, 0) is 116 Å². The van der Waals surface area contributed by atoms with Crippen LogP contribution < -0.4 is 0 Å². The van der Waals surface area contributed by atoms with Gasteiger partial charge in [0.15, 0.2) is 6.10 Å². The summed E-state index contributed by atoms with van der Waals surface area (Å²) < 4.78 is 22.9. The van der Waals surface area contributed by atoms with Crippen molar-refractivity contribution in [3.05, 3.63) is 134 Å². The average molecular weight is 1160 g/mol. The Hall–Kier alpha value is -4.57. The summed E-state index contributed by atoms with van der Waals surface area (Å²) in [6.07, 6.45) is 88.3. The van der Waals surface area contributed by atoms with Crippen LogP contribution in [0.3, 0.4) is 0 Å². The minimum Gasteiger partial charge on any atom is -0.477 e. The number of carbonyl (C=O) groups excluding carboxylic acids is 2. The van der Waals surface area contributed by atoms with E-state index < -0.39 is 24.3 Å². The van der Waals surface area contributed by atoms with E-state index in [0.29, 0.717) is 17.4 Å². The summed E-state index contributed by atoms with van der Waals surface area (Å²) in [6, 6.07) is 0. The number of hydrogen-bond acceptors (Lipinski definition) is 7. The lowest BCUT2D eigenvalue weighted by Gasteiger charge is -2.25. The van der Waals surface area contributed by atoms with Crippen LogP contribution in [-0.2, 0) is 33.3 Å². The van der Waals surface area contributed by atoms with E-state index in [1.807, 2.05) is 21.1 Å². The molecule has 0 fully saturated rings. The minimum absolute atomic E-state index is 0.179. The van der Waals surface area contributed by atoms with E-state index >= 15 is 0 Å². The van der Waals surface area contributed by atoms with Crippen LogP contribution >= 0.6 is 0 Å². The Balaban J connectivity index is 4.18. The molecule has 9 heteroatoms. The van der Waals surface area contributed by atoms with E-state index in [1.54, 1.807) is 0 Å². The monoisotopic (exact) mass is 1150 g/mol. The molecule has 83 heavy (non-hydrogen) atoms. The summed E-state index contributed by atoms with van der Waals surface area (Å²) in [4.78, 5) is 37.6. The van der Waals surface area contributed by atoms with Gasteiger partial charge in [-0.2, -0.15) is 0 Å². The molecule has 2 atom stereocenters. The van der Waals surface area contributed by atoms with Crippen LogP contribution in [0.1, 0.15) is 258 Å². The number of hydrogen-bond donors (Lipinski definition) is 1. The maximum absolute atomic E-state index is 12.9. The molecule has 0 aromatic rings. The molecule has 0 aliphatic heterocycles. The number of ether oxygens (including phenoxy) is 4. The number of aliphatic carboxylic acids is 1. The van der Waals surface area contributed by atoms with Gasteiger partial charge in [0, 0.05) is 12.8 Å². The molecule has 0 aliphatic rings. The Kier molecular flexibility index (Phi) is 60.0. The maximum atomic E-state index is 12.9. The minimum atomic E-state index is -1.52. The summed E-state index contributed by atoms with van der Waals surface area (Å²) in [5.41, 5.74) is 0. The molecule has 0 bridgehead atoms. The van der Waals surface area contributed by atoms with Gasteiger partial charge >= 0.3 is 17.9 Å². The zero-order valence-electron chi connectivity index (χ0n) is 53.8. The molecular weight excluding hydrogens is 1030 g/mol. The summed E-state index contributed by atoms with van der Waals surface area (Å²) in [5, 5.41) is 9.73. The summed E-state index contributed by atoms with van der Waals surface area (Å²) in [7, 11) is 5.96. The standard InChI is InChI=1S/C74H123NO8/c1-6-8-10-12-14-16-18-20-22-24-26-28-29-30-31-32-33-34-35-36-37-38-39-40-41-42-43-45-47-49-51-53-55-57-59-61-63-65-72(77)83-70(69-82-74(73(78)79)80-67-66-75(3,4)5)68-81-71(76)64-62-60-58-56-54-52-50-48-46-44-27-25-23-21-19-17-15-13-11-9-7-2/h8,10,14,16,19-22,25-28,30-31,33-34,36-37,39-40,46,48,70,74H,6-7,9,11-13,15,17-18,23-24,29,32,35,38,41-45,47,49-69H2,1-5H3/p+1/b10-8-,16-14-,21-19-,22-20-,27-25-,28-26-,31-30-,34-33-,37-36-,40-39-,48-46-. The molecule has 472 valence electrons. The predicted molar refractivity (Wildman–Crippen MR) is 354 cm³/mol. The first-order valence-electron chi connectivity index (χ1n) is 33.3. The Morgan fingerprint density at radius 1 is 0.373 bits per heavy atom. The van der Waals surface area contributed by atoms with Gasteiger partial charge in [0.25, 0.3) is 6.29 Å². The largest absolute Gasteiger partial charge is 0.477 e. The van der Waals surface area contributed by atoms with E-state index in [0.717, 1.165) is 116 Å². The van der Waals surface area contributed by atoms with Crippen LogP contribution in [0.25, 0.3) is 0 Å². The fourth-order valence-electron chi connectivity index (χ4n) is 8.80. The zero-order chi connectivity index (χ0) is 60.5. The lowest BCUT2D eigenvalue weighted by Crippen LogP contribution is -2.40. The number of quaternary nitrogens is 1. The van der Waals surface area contributed by atoms with Crippen molar-refractivity contribution < 1.29 is 42.9 Å². The molecule has 0 amide bonds. The van der Waals surface area contributed by atoms with Crippen molar-refractivity contribution in [2.24, 2.45) is 0 Å². The van der Waals surface area contributed by atoms with E-state index in [1.165, 1.54) is 109 Å². The van der Waals surface area contributed by atoms with Gasteiger partial charge in [-0.25, -0.2) is 4.79 Å². The molecule has 0 saturated heterocycles. The van der Waals surface area contributed by atoms with Gasteiger partial charge in [0.2, 0.25) is 0 Å². The Morgan fingerprint density at radius 2 is 0.687 bits per heavy atom. The second-order valence-electron chi connectivity index (χ2n) is 23.0. The molecule has 0 aliphatic carbocycles. The Bertz CT molecular complexity index is 1820. The van der Waals surface area contributed by atoms with Crippen LogP contribution in [0.4, 0.5) is 0 Å². The summed E-state index contributed by atoms with van der Waals surface area (Å²) >= 11 is 0. The maximum Gasteiger partial charge on any atom is 0.361 e. The first-order chi connectivity index (χ1) is 40.6. The average Bonchev–Trinajstić information content (AvgIpc) is 3.46. The summed E-state index contributed by atoms with van der Waals surface area (Å²) in [6.45, 7) is 4.73. The molecule has 2 unspecified atom stereocenters. The highest BCUT2D eigenvalue weighted by Gasteiger charge is 2.25. The molecule has 0 aromatic heterocycles. The highest BCUT2D eigenvalue weighted by atomic mass is 16.7. The van der Waals surface area contributed by atoms with Crippen molar-refractivity contribution in [1.29, 1.82) is 0 Å². The van der Waals surface area contributed by atoms with Crippen LogP contribution in [0, 0.1) is 0 Å². The van der Waals surface area contributed by atoms with Crippen molar-refractivity contribution in [2.45, 2.75) is 270 Å². The van der Waals surface area contributed by atoms with E-state index in [2.05, 4.69) is 148 Å². The number of likely N-dealkylation sites (N-methyl/N-ethyl adjacent to an activating group) is 1. The highest BCUT2D eigenvalue weighted by molar-refractivity contribution is 5.71. The molecule has 0 radical (unpaired) electrons. The molecular formula is C74H124NO8+. The molecule has 0 saturated carbocycles. The Labute approximate surface area is 509 Å². The number of rotatable bonds is 60. The molecule has 9 nitrogen and oxygen atoms in total. The lowest BCUT2D eigenvalue weighted by atomic mass is 10.0. The number of esters is 2. The third kappa shape index (κ3) is 64.8. The second kappa shape index (κ2) is 63.5. The number of carboxylic acids is 1. The molecule has 0 aromatic carbocycles. The number of allylic oxidation sites excluding steroid dienone is 22. The lowest BCUT2D eigenvalue weighted by molar-refractivity contribution is -0.870. The fourth-order valence-corrected chi connectivity index (χ4v) is 8.80. The number of nitrogens with zero attached hydrogens (tertiary/aromatic N) is 1. The number of carboxylic acid groups (broad SMARTS) is 1. The van der Waals surface area contributed by atoms with Crippen LogP contribution in [0.5, 0.6) is 0 Å². The van der Waals surface area contributed by atoms with Crippen molar-refractivity contribution in [2.75, 3.05) is 47.5 Å². The number of unbranched alkanes of at least 4 members (excludes halogenated alkanes) is 23. The normalized spacial score (nSPS) is 13.6. The van der Waals surface area contributed by atoms with Gasteiger partial charge in [-0.15, -0.1) is 0 Å². The molecule has 1 N–H and O–H groups in total. The quantitative estimate of drug-likeness (QED) is 0.0211. The van der Waals surface area contributed by atoms with Crippen molar-refractivity contribution in [3.8, 4) is 0 Å². The van der Waals surface area contributed by atoms with E-state index in [4.69, 9.17) is 18.9 Å². The van der Waals surface area contributed by atoms with Gasteiger partial charge < -0.3 is 28.5 Å². The van der Waals surface area contributed by atoms with E-state index in [9.17, 15) is 19.5 Å². The zero-order valence-corrected chi connectivity index (χ0v) is 53.8. The molecule has 0 spiro atoms. The predicted octanol–water partition coefficient (Wildman–Crippen LogP) is 20.6. The van der Waals surface area contributed by atoms with Crippen LogP contribution in [-0.4, -0.2) is 87.4 Å². The van der Waals surface area contributed by atoms with Crippen LogP contribution in [0.15, 0.2) is 134 Å². The molecule has 0 heterocycles. The Morgan fingerprint density at radius 3 is 1.02 bits per heavy atom. The van der Waals surface area contributed by atoms with Gasteiger partial charge in [-0.1, -0.05) is 263 Å². The third-order valence-electron chi connectivity index (χ3n) is 13.9. The second-order valence-corrected chi connectivity index (χ2v) is 23.0. The van der Waals surface area contributed by atoms with Gasteiger partial charge in [0.05, 0.1) is 34.4 Å². The van der Waals surface area contributed by atoms with E-state index in [-0.39, 0.29) is 38.6 Å². The van der Waals surface area contributed by atoms with Gasteiger partial charge in [-0.3, -0.25) is 9.59 Å². The smallest absolute Gasteiger partial charge is 0.361 e. The van der Waals surface area contributed by atoms with Crippen molar-refractivity contribution in [1.82, 2.24) is 0 Å². The topological polar surface area (TPSA) is 108 Å². The summed E-state index contributed by atoms with van der Waals surface area (Å²) in [5.74, 6) is -2.03.